The standard InChI is InChI=1S/C26H41NO3S/c1-5-6-7-20-8-12-22(13-9-20)25(28)27(24-16-17-31(29,30)19-24)18-21-10-14-23(15-11-21)26(2,3)4/h10-11,14-15,20,22,24H,5-9,12-13,16-19H2,1-4H3. The van der Waals surface area contributed by atoms with Gasteiger partial charge in [-0.3, -0.25) is 4.79 Å². The molecule has 1 amide bonds. The predicted molar refractivity (Wildman–Crippen MR) is 128 cm³/mol. The molecule has 0 spiro atoms. The van der Waals surface area contributed by atoms with Crippen molar-refractivity contribution in [3.63, 3.8) is 0 Å². The summed E-state index contributed by atoms with van der Waals surface area (Å²) in [5, 5.41) is 0. The number of hydrogen-bond donors (Lipinski definition) is 0. The van der Waals surface area contributed by atoms with E-state index in [1.807, 2.05) is 4.90 Å². The second-order valence-corrected chi connectivity index (χ2v) is 13.1. The lowest BCUT2D eigenvalue weighted by Crippen LogP contribution is -2.44. The average molecular weight is 448 g/mol. The van der Waals surface area contributed by atoms with E-state index >= 15 is 0 Å². The van der Waals surface area contributed by atoms with E-state index in [0.29, 0.717) is 13.0 Å². The molecule has 1 saturated heterocycles. The summed E-state index contributed by atoms with van der Waals surface area (Å²) in [4.78, 5) is 15.5. The first-order chi connectivity index (χ1) is 14.6. The highest BCUT2D eigenvalue weighted by molar-refractivity contribution is 7.91. The Hall–Kier alpha value is -1.36. The number of hydrogen-bond acceptors (Lipinski definition) is 3. The molecule has 1 aliphatic carbocycles. The number of amides is 1. The Morgan fingerprint density at radius 3 is 2.19 bits per heavy atom. The van der Waals surface area contributed by atoms with Crippen LogP contribution in [0.15, 0.2) is 24.3 Å². The van der Waals surface area contributed by atoms with Gasteiger partial charge in [0.15, 0.2) is 9.84 Å². The third kappa shape index (κ3) is 6.57. The van der Waals surface area contributed by atoms with Crippen molar-refractivity contribution in [1.29, 1.82) is 0 Å². The minimum atomic E-state index is -3.04. The van der Waals surface area contributed by atoms with Crippen molar-refractivity contribution in [2.75, 3.05) is 11.5 Å². The van der Waals surface area contributed by atoms with Crippen LogP contribution in [0.4, 0.5) is 0 Å². The first kappa shape index (κ1) is 24.3. The minimum absolute atomic E-state index is 0.0510. The fourth-order valence-electron chi connectivity index (χ4n) is 5.14. The zero-order chi connectivity index (χ0) is 22.6. The lowest BCUT2D eigenvalue weighted by molar-refractivity contribution is -0.139. The Balaban J connectivity index is 1.72. The second-order valence-electron chi connectivity index (χ2n) is 10.8. The van der Waals surface area contributed by atoms with Crippen LogP contribution in [0.2, 0.25) is 0 Å². The summed E-state index contributed by atoms with van der Waals surface area (Å²) in [6.45, 7) is 9.32. The van der Waals surface area contributed by atoms with Crippen molar-refractivity contribution >= 4 is 15.7 Å². The number of rotatable bonds is 7. The van der Waals surface area contributed by atoms with E-state index in [-0.39, 0.29) is 34.8 Å². The van der Waals surface area contributed by atoms with Gasteiger partial charge in [-0.1, -0.05) is 71.2 Å². The Labute approximate surface area is 189 Å². The van der Waals surface area contributed by atoms with Crippen LogP contribution in [-0.4, -0.2) is 36.8 Å². The number of benzene rings is 1. The molecule has 5 heteroatoms. The van der Waals surface area contributed by atoms with Crippen LogP contribution in [0.25, 0.3) is 0 Å². The van der Waals surface area contributed by atoms with Crippen LogP contribution in [0, 0.1) is 11.8 Å². The molecule has 1 atom stereocenters. The minimum Gasteiger partial charge on any atom is -0.334 e. The maximum Gasteiger partial charge on any atom is 0.226 e. The number of nitrogens with zero attached hydrogens (tertiary/aromatic N) is 1. The van der Waals surface area contributed by atoms with E-state index in [9.17, 15) is 13.2 Å². The fraction of sp³-hybridized carbons (Fsp3) is 0.731. The summed E-state index contributed by atoms with van der Waals surface area (Å²) in [6.07, 6.45) is 8.53. The molecule has 0 N–H and O–H groups in total. The first-order valence-corrected chi connectivity index (χ1v) is 14.0. The number of carbonyl (C=O) groups excluding carboxylic acids is 1. The molecule has 4 nitrogen and oxygen atoms in total. The van der Waals surface area contributed by atoms with Gasteiger partial charge in [0.05, 0.1) is 11.5 Å². The molecule has 1 aromatic rings. The molecule has 0 bridgehead atoms. The molecule has 1 aromatic carbocycles. The molecule has 2 fully saturated rings. The molecule has 3 rings (SSSR count). The highest BCUT2D eigenvalue weighted by Gasteiger charge is 2.38. The Kier molecular flexibility index (Phi) is 7.88. The molecule has 0 aromatic heterocycles. The molecule has 2 aliphatic rings. The summed E-state index contributed by atoms with van der Waals surface area (Å²) in [6, 6.07) is 8.31. The zero-order valence-corrected chi connectivity index (χ0v) is 20.7. The predicted octanol–water partition coefficient (Wildman–Crippen LogP) is 5.50. The Morgan fingerprint density at radius 1 is 1.03 bits per heavy atom. The van der Waals surface area contributed by atoms with Crippen molar-refractivity contribution in [2.45, 2.75) is 97.1 Å². The van der Waals surface area contributed by atoms with Gasteiger partial charge in [0.2, 0.25) is 5.91 Å². The monoisotopic (exact) mass is 447 g/mol. The maximum atomic E-state index is 13.6. The summed E-state index contributed by atoms with van der Waals surface area (Å²) in [5.74, 6) is 1.30. The van der Waals surface area contributed by atoms with Crippen molar-refractivity contribution in [2.24, 2.45) is 11.8 Å². The van der Waals surface area contributed by atoms with Crippen LogP contribution in [0.1, 0.15) is 90.2 Å². The molecule has 1 aliphatic heterocycles. The Bertz CT molecular complexity index is 830. The normalized spacial score (nSPS) is 26.0. The van der Waals surface area contributed by atoms with Gasteiger partial charge < -0.3 is 4.90 Å². The van der Waals surface area contributed by atoms with Gasteiger partial charge in [-0.25, -0.2) is 8.42 Å². The molecular weight excluding hydrogens is 406 g/mol. The van der Waals surface area contributed by atoms with Crippen LogP contribution >= 0.6 is 0 Å². The van der Waals surface area contributed by atoms with Gasteiger partial charge in [-0.05, 0) is 54.6 Å². The van der Waals surface area contributed by atoms with Crippen molar-refractivity contribution < 1.29 is 13.2 Å². The zero-order valence-electron chi connectivity index (χ0n) is 19.9. The van der Waals surface area contributed by atoms with Crippen LogP contribution in [-0.2, 0) is 26.6 Å². The first-order valence-electron chi connectivity index (χ1n) is 12.2. The largest absolute Gasteiger partial charge is 0.334 e. The molecule has 174 valence electrons. The maximum absolute atomic E-state index is 13.6. The molecule has 1 saturated carbocycles. The van der Waals surface area contributed by atoms with Crippen molar-refractivity contribution in [3.8, 4) is 0 Å². The topological polar surface area (TPSA) is 54.5 Å². The molecule has 1 unspecified atom stereocenters. The van der Waals surface area contributed by atoms with E-state index in [2.05, 4.69) is 52.0 Å². The molecule has 1 heterocycles. The summed E-state index contributed by atoms with van der Waals surface area (Å²) >= 11 is 0. The van der Waals surface area contributed by atoms with Crippen molar-refractivity contribution in [1.82, 2.24) is 4.90 Å². The lowest BCUT2D eigenvalue weighted by atomic mass is 9.79. The van der Waals surface area contributed by atoms with Crippen molar-refractivity contribution in [3.05, 3.63) is 35.4 Å². The van der Waals surface area contributed by atoms with E-state index in [0.717, 1.165) is 37.2 Å². The smallest absolute Gasteiger partial charge is 0.226 e. The average Bonchev–Trinajstić information content (AvgIpc) is 3.09. The highest BCUT2D eigenvalue weighted by Crippen LogP contribution is 2.34. The van der Waals surface area contributed by atoms with Gasteiger partial charge in [-0.15, -0.1) is 0 Å². The quantitative estimate of drug-likeness (QED) is 0.555. The summed E-state index contributed by atoms with van der Waals surface area (Å²) < 4.78 is 24.3. The summed E-state index contributed by atoms with van der Waals surface area (Å²) in [7, 11) is -3.04. The van der Waals surface area contributed by atoms with Crippen LogP contribution in [0.3, 0.4) is 0 Å². The third-order valence-corrected chi connectivity index (χ3v) is 9.02. The van der Waals surface area contributed by atoms with E-state index < -0.39 is 9.84 Å². The third-order valence-electron chi connectivity index (χ3n) is 7.27. The van der Waals surface area contributed by atoms with E-state index in [1.54, 1.807) is 0 Å². The Morgan fingerprint density at radius 2 is 1.68 bits per heavy atom. The lowest BCUT2D eigenvalue weighted by Gasteiger charge is -2.35. The van der Waals surface area contributed by atoms with Gasteiger partial charge in [0.1, 0.15) is 0 Å². The number of sulfone groups is 1. The highest BCUT2D eigenvalue weighted by atomic mass is 32.2. The summed E-state index contributed by atoms with van der Waals surface area (Å²) in [5.41, 5.74) is 2.44. The molecule has 31 heavy (non-hydrogen) atoms. The van der Waals surface area contributed by atoms with Gasteiger partial charge in [0.25, 0.3) is 0 Å². The van der Waals surface area contributed by atoms with Crippen LogP contribution in [0.5, 0.6) is 0 Å². The van der Waals surface area contributed by atoms with E-state index in [1.165, 1.54) is 24.8 Å². The number of unbranched alkanes of at least 4 members (excludes halogenated alkanes) is 1. The fourth-order valence-corrected chi connectivity index (χ4v) is 6.87. The van der Waals surface area contributed by atoms with Gasteiger partial charge in [0, 0.05) is 18.5 Å². The van der Waals surface area contributed by atoms with Gasteiger partial charge in [-0.2, -0.15) is 0 Å². The second kappa shape index (κ2) is 10.1. The van der Waals surface area contributed by atoms with E-state index in [4.69, 9.17) is 0 Å². The van der Waals surface area contributed by atoms with Crippen LogP contribution < -0.4 is 0 Å². The molecule has 0 radical (unpaired) electrons. The number of carbonyl (C=O) groups is 1. The SMILES string of the molecule is CCCCC1CCC(C(=O)N(Cc2ccc(C(C)(C)C)cc2)C2CCS(=O)(=O)C2)CC1. The molecular formula is C26H41NO3S. The van der Waals surface area contributed by atoms with Gasteiger partial charge >= 0.3 is 0 Å².